The molecule has 0 fully saturated rings. The molecular formula is C21H22F2O3. The number of hydrogen-bond donors (Lipinski definition) is 0. The van der Waals surface area contributed by atoms with Crippen LogP contribution in [0.2, 0.25) is 0 Å². The molecule has 2 aromatic carbocycles. The Balaban J connectivity index is 2.09. The fourth-order valence-electron chi connectivity index (χ4n) is 2.43. The van der Waals surface area contributed by atoms with E-state index in [1.54, 1.807) is 13.0 Å². The van der Waals surface area contributed by atoms with Gasteiger partial charge in [-0.25, -0.2) is 13.6 Å². The van der Waals surface area contributed by atoms with Crippen LogP contribution >= 0.6 is 0 Å². The number of allylic oxidation sites excluding steroid dienone is 1. The van der Waals surface area contributed by atoms with Crippen LogP contribution in [-0.2, 0) is 22.6 Å². The Kier molecular flexibility index (Phi) is 7.33. The zero-order valence-corrected chi connectivity index (χ0v) is 14.9. The molecule has 3 nitrogen and oxygen atoms in total. The van der Waals surface area contributed by atoms with E-state index in [2.05, 4.69) is 0 Å². The summed E-state index contributed by atoms with van der Waals surface area (Å²) in [4.78, 5) is 11.7. The fourth-order valence-corrected chi connectivity index (χ4v) is 2.43. The summed E-state index contributed by atoms with van der Waals surface area (Å²) in [5.41, 5.74) is 1.72. The third kappa shape index (κ3) is 5.41. The van der Waals surface area contributed by atoms with E-state index >= 15 is 0 Å². The minimum atomic E-state index is -0.765. The van der Waals surface area contributed by atoms with Gasteiger partial charge in [0.2, 0.25) is 0 Å². The van der Waals surface area contributed by atoms with E-state index in [0.717, 1.165) is 5.56 Å². The highest BCUT2D eigenvalue weighted by Crippen LogP contribution is 2.25. The van der Waals surface area contributed by atoms with Crippen LogP contribution in [0.3, 0.4) is 0 Å². The van der Waals surface area contributed by atoms with Crippen LogP contribution < -0.4 is 4.74 Å². The topological polar surface area (TPSA) is 35.5 Å². The molecule has 26 heavy (non-hydrogen) atoms. The predicted molar refractivity (Wildman–Crippen MR) is 95.8 cm³/mol. The molecule has 0 amide bonds. The summed E-state index contributed by atoms with van der Waals surface area (Å²) >= 11 is 0. The van der Waals surface area contributed by atoms with Crippen molar-refractivity contribution < 1.29 is 23.0 Å². The highest BCUT2D eigenvalue weighted by molar-refractivity contribution is 5.88. The van der Waals surface area contributed by atoms with E-state index in [1.807, 2.05) is 37.3 Å². The minimum Gasteiger partial charge on any atom is -0.483 e. The van der Waals surface area contributed by atoms with Crippen LogP contribution in [0.25, 0.3) is 0 Å². The van der Waals surface area contributed by atoms with Gasteiger partial charge < -0.3 is 9.47 Å². The quantitative estimate of drug-likeness (QED) is 0.492. The van der Waals surface area contributed by atoms with Gasteiger partial charge in [0.25, 0.3) is 0 Å². The Hall–Kier alpha value is -2.69. The molecule has 2 rings (SSSR count). The molecule has 0 atom stereocenters. The van der Waals surface area contributed by atoms with Crippen molar-refractivity contribution in [1.29, 1.82) is 0 Å². The second-order valence-electron chi connectivity index (χ2n) is 5.67. The molecule has 0 saturated carbocycles. The molecule has 0 aromatic heterocycles. The smallest absolute Gasteiger partial charge is 0.333 e. The van der Waals surface area contributed by atoms with Crippen LogP contribution in [0.15, 0.2) is 54.1 Å². The summed E-state index contributed by atoms with van der Waals surface area (Å²) in [6.07, 6.45) is 2.35. The van der Waals surface area contributed by atoms with Gasteiger partial charge in [-0.3, -0.25) is 0 Å². The fraction of sp³-hybridized carbons (Fsp3) is 0.286. The second kappa shape index (κ2) is 9.70. The molecule has 0 N–H and O–H groups in total. The summed E-state index contributed by atoms with van der Waals surface area (Å²) < 4.78 is 38.7. The van der Waals surface area contributed by atoms with E-state index in [4.69, 9.17) is 9.47 Å². The number of carbonyl (C=O) groups is 1. The molecule has 0 aliphatic rings. The van der Waals surface area contributed by atoms with E-state index in [1.165, 1.54) is 12.1 Å². The maximum atomic E-state index is 14.2. The Morgan fingerprint density at radius 1 is 1.04 bits per heavy atom. The SMILES string of the molecule is CCOC(=O)C(=CCc1cc(F)c(OCc2ccccc2)c(F)c1)CC. The lowest BCUT2D eigenvalue weighted by Gasteiger charge is -2.10. The van der Waals surface area contributed by atoms with Crippen molar-refractivity contribution in [1.82, 2.24) is 0 Å². The van der Waals surface area contributed by atoms with Gasteiger partial charge >= 0.3 is 5.97 Å². The summed E-state index contributed by atoms with van der Waals surface area (Å²) in [5.74, 6) is -2.33. The first-order chi connectivity index (χ1) is 12.5. The number of esters is 1. The van der Waals surface area contributed by atoms with Gasteiger partial charge in [0.1, 0.15) is 6.61 Å². The Labute approximate surface area is 152 Å². The number of ether oxygens (including phenoxy) is 2. The van der Waals surface area contributed by atoms with Gasteiger partial charge in [0.15, 0.2) is 17.4 Å². The molecule has 0 bridgehead atoms. The van der Waals surface area contributed by atoms with Crippen molar-refractivity contribution in [3.63, 3.8) is 0 Å². The normalized spacial score (nSPS) is 11.3. The molecule has 5 heteroatoms. The summed E-state index contributed by atoms with van der Waals surface area (Å²) in [6, 6.07) is 11.6. The molecular weight excluding hydrogens is 338 g/mol. The van der Waals surface area contributed by atoms with E-state index in [-0.39, 0.29) is 19.6 Å². The highest BCUT2D eigenvalue weighted by atomic mass is 19.1. The lowest BCUT2D eigenvalue weighted by atomic mass is 10.1. The average molecular weight is 360 g/mol. The number of carbonyl (C=O) groups excluding carboxylic acids is 1. The van der Waals surface area contributed by atoms with Gasteiger partial charge in [-0.1, -0.05) is 43.3 Å². The minimum absolute atomic E-state index is 0.0801. The predicted octanol–water partition coefficient (Wildman–Crippen LogP) is 4.99. The van der Waals surface area contributed by atoms with Gasteiger partial charge in [-0.05, 0) is 43.0 Å². The number of halogens is 2. The third-order valence-corrected chi connectivity index (χ3v) is 3.79. The molecule has 0 heterocycles. The van der Waals surface area contributed by atoms with Gasteiger partial charge in [0, 0.05) is 5.57 Å². The lowest BCUT2D eigenvalue weighted by Crippen LogP contribution is -2.07. The molecule has 0 aliphatic heterocycles. The van der Waals surface area contributed by atoms with E-state index in [0.29, 0.717) is 17.6 Å². The zero-order valence-electron chi connectivity index (χ0n) is 14.9. The van der Waals surface area contributed by atoms with Crippen LogP contribution in [0.5, 0.6) is 5.75 Å². The standard InChI is InChI=1S/C21H22F2O3/c1-3-17(21(24)25-4-2)11-10-16-12-18(22)20(19(23)13-16)26-14-15-8-6-5-7-9-15/h5-9,11-13H,3-4,10,14H2,1-2H3. The molecule has 0 spiro atoms. The van der Waals surface area contributed by atoms with Gasteiger partial charge in [-0.15, -0.1) is 0 Å². The largest absolute Gasteiger partial charge is 0.483 e. The Bertz CT molecular complexity index is 747. The van der Waals surface area contributed by atoms with Crippen molar-refractivity contribution in [2.24, 2.45) is 0 Å². The summed E-state index contributed by atoms with van der Waals surface area (Å²) in [7, 11) is 0. The van der Waals surface area contributed by atoms with Crippen LogP contribution in [0, 0.1) is 11.6 Å². The van der Waals surface area contributed by atoms with Crippen LogP contribution in [0.4, 0.5) is 8.78 Å². The maximum absolute atomic E-state index is 14.2. The average Bonchev–Trinajstić information content (AvgIpc) is 2.62. The molecule has 0 radical (unpaired) electrons. The molecule has 2 aromatic rings. The number of benzene rings is 2. The van der Waals surface area contributed by atoms with Crippen molar-refractivity contribution in [2.45, 2.75) is 33.3 Å². The second-order valence-corrected chi connectivity index (χ2v) is 5.67. The zero-order chi connectivity index (χ0) is 18.9. The van der Waals surface area contributed by atoms with Gasteiger partial charge in [0.05, 0.1) is 6.61 Å². The van der Waals surface area contributed by atoms with Gasteiger partial charge in [-0.2, -0.15) is 0 Å². The third-order valence-electron chi connectivity index (χ3n) is 3.79. The van der Waals surface area contributed by atoms with Crippen molar-refractivity contribution in [3.8, 4) is 5.75 Å². The van der Waals surface area contributed by atoms with E-state index < -0.39 is 23.4 Å². The van der Waals surface area contributed by atoms with Crippen LogP contribution in [-0.4, -0.2) is 12.6 Å². The van der Waals surface area contributed by atoms with Crippen molar-refractivity contribution in [2.75, 3.05) is 6.61 Å². The first-order valence-corrected chi connectivity index (χ1v) is 8.55. The van der Waals surface area contributed by atoms with Crippen LogP contribution in [0.1, 0.15) is 31.4 Å². The first-order valence-electron chi connectivity index (χ1n) is 8.55. The first kappa shape index (κ1) is 19.6. The molecule has 0 aliphatic carbocycles. The van der Waals surface area contributed by atoms with Crippen molar-refractivity contribution in [3.05, 3.63) is 76.9 Å². The number of rotatable bonds is 8. The summed E-state index contributed by atoms with van der Waals surface area (Å²) in [6.45, 7) is 3.91. The summed E-state index contributed by atoms with van der Waals surface area (Å²) in [5, 5.41) is 0. The molecule has 0 unspecified atom stereocenters. The molecule has 0 saturated heterocycles. The maximum Gasteiger partial charge on any atom is 0.333 e. The Morgan fingerprint density at radius 3 is 2.27 bits per heavy atom. The van der Waals surface area contributed by atoms with Crippen molar-refractivity contribution >= 4 is 5.97 Å². The number of hydrogen-bond acceptors (Lipinski definition) is 3. The van der Waals surface area contributed by atoms with E-state index in [9.17, 15) is 13.6 Å². The highest BCUT2D eigenvalue weighted by Gasteiger charge is 2.14. The molecule has 138 valence electrons. The lowest BCUT2D eigenvalue weighted by molar-refractivity contribution is -0.138. The Morgan fingerprint density at radius 2 is 1.69 bits per heavy atom. The monoisotopic (exact) mass is 360 g/mol.